The summed E-state index contributed by atoms with van der Waals surface area (Å²) in [7, 11) is -2.07. The predicted octanol–water partition coefficient (Wildman–Crippen LogP) is 1.85. The van der Waals surface area contributed by atoms with Crippen LogP contribution in [0.3, 0.4) is 0 Å². The molecule has 2 aliphatic rings. The first-order chi connectivity index (χ1) is 14.9. The number of hydrogen-bond acceptors (Lipinski definition) is 6. The van der Waals surface area contributed by atoms with E-state index in [0.29, 0.717) is 37.8 Å². The Kier molecular flexibility index (Phi) is 6.06. The summed E-state index contributed by atoms with van der Waals surface area (Å²) in [6.07, 6.45) is 0.256. The molecule has 2 aliphatic heterocycles. The van der Waals surface area contributed by atoms with Gasteiger partial charge in [-0.3, -0.25) is 4.79 Å². The Bertz CT molecular complexity index is 1080. The molecule has 4 rings (SSSR count). The van der Waals surface area contributed by atoms with Gasteiger partial charge in [0.2, 0.25) is 15.9 Å². The topological polar surface area (TPSA) is 85.4 Å². The molecule has 0 radical (unpaired) electrons. The fourth-order valence-electron chi connectivity index (χ4n) is 3.77. The molecule has 0 bridgehead atoms. The smallest absolute Gasteiger partial charge is 0.243 e. The minimum absolute atomic E-state index is 0.0257. The highest BCUT2D eigenvalue weighted by molar-refractivity contribution is 7.89. The van der Waals surface area contributed by atoms with Crippen LogP contribution in [0.1, 0.15) is 11.1 Å². The highest BCUT2D eigenvalue weighted by atomic mass is 32.2. The van der Waals surface area contributed by atoms with E-state index in [1.807, 2.05) is 25.1 Å². The van der Waals surface area contributed by atoms with Gasteiger partial charge in [-0.1, -0.05) is 12.1 Å². The van der Waals surface area contributed by atoms with Crippen LogP contribution < -0.4 is 14.2 Å². The van der Waals surface area contributed by atoms with Gasteiger partial charge in [0.25, 0.3) is 0 Å². The lowest BCUT2D eigenvalue weighted by Gasteiger charge is -2.34. The molecule has 0 aromatic heterocycles. The number of carbonyl (C=O) groups is 1. The van der Waals surface area contributed by atoms with Crippen LogP contribution in [0.2, 0.25) is 0 Å². The molecule has 0 atom stereocenters. The second-order valence-corrected chi connectivity index (χ2v) is 9.51. The Morgan fingerprint density at radius 3 is 2.42 bits per heavy atom. The summed E-state index contributed by atoms with van der Waals surface area (Å²) in [6.45, 7) is 4.00. The molecular formula is C22H26N2O6S. The van der Waals surface area contributed by atoms with E-state index in [1.54, 1.807) is 18.1 Å². The zero-order chi connectivity index (χ0) is 22.0. The van der Waals surface area contributed by atoms with E-state index in [9.17, 15) is 13.2 Å². The van der Waals surface area contributed by atoms with Crippen LogP contribution in [0.25, 0.3) is 0 Å². The number of ether oxygens (including phenoxy) is 3. The van der Waals surface area contributed by atoms with Gasteiger partial charge in [0.1, 0.15) is 19.0 Å². The molecule has 1 amide bonds. The van der Waals surface area contributed by atoms with Crippen molar-refractivity contribution in [2.24, 2.45) is 0 Å². The molecular weight excluding hydrogens is 420 g/mol. The van der Waals surface area contributed by atoms with Crippen LogP contribution >= 0.6 is 0 Å². The molecule has 1 fully saturated rings. The van der Waals surface area contributed by atoms with Crippen molar-refractivity contribution in [2.75, 3.05) is 46.5 Å². The molecule has 0 unspecified atom stereocenters. The SMILES string of the molecule is COc1cc(CC(=O)N2CCN(S(=O)(=O)c3ccc4c(c3)OCCO4)CC2)ccc1C. The van der Waals surface area contributed by atoms with Gasteiger partial charge in [-0.2, -0.15) is 4.31 Å². The first-order valence-corrected chi connectivity index (χ1v) is 11.6. The summed E-state index contributed by atoms with van der Waals surface area (Å²) in [4.78, 5) is 14.6. The summed E-state index contributed by atoms with van der Waals surface area (Å²) in [5, 5.41) is 0. The predicted molar refractivity (Wildman–Crippen MR) is 114 cm³/mol. The third kappa shape index (κ3) is 4.47. The summed E-state index contributed by atoms with van der Waals surface area (Å²) < 4.78 is 43.8. The Balaban J connectivity index is 1.39. The lowest BCUT2D eigenvalue weighted by molar-refractivity contribution is -0.131. The van der Waals surface area contributed by atoms with E-state index in [1.165, 1.54) is 16.4 Å². The van der Waals surface area contributed by atoms with Crippen molar-refractivity contribution in [3.63, 3.8) is 0 Å². The van der Waals surface area contributed by atoms with Crippen molar-refractivity contribution < 1.29 is 27.4 Å². The van der Waals surface area contributed by atoms with Crippen LogP contribution in [-0.4, -0.2) is 70.0 Å². The lowest BCUT2D eigenvalue weighted by Crippen LogP contribution is -2.50. The maximum atomic E-state index is 13.1. The van der Waals surface area contributed by atoms with Gasteiger partial charge < -0.3 is 19.1 Å². The molecule has 2 aromatic rings. The van der Waals surface area contributed by atoms with Crippen molar-refractivity contribution in [3.8, 4) is 17.2 Å². The number of hydrogen-bond donors (Lipinski definition) is 0. The number of carbonyl (C=O) groups excluding carboxylic acids is 1. The number of nitrogens with zero attached hydrogens (tertiary/aromatic N) is 2. The molecule has 9 heteroatoms. The first-order valence-electron chi connectivity index (χ1n) is 10.2. The van der Waals surface area contributed by atoms with Gasteiger partial charge >= 0.3 is 0 Å². The molecule has 166 valence electrons. The average molecular weight is 447 g/mol. The number of benzene rings is 2. The molecule has 0 aliphatic carbocycles. The number of methoxy groups -OCH3 is 1. The fourth-order valence-corrected chi connectivity index (χ4v) is 5.21. The Morgan fingerprint density at radius 2 is 1.71 bits per heavy atom. The zero-order valence-corrected chi connectivity index (χ0v) is 18.5. The monoisotopic (exact) mass is 446 g/mol. The third-order valence-corrected chi connectivity index (χ3v) is 7.47. The van der Waals surface area contributed by atoms with Crippen molar-refractivity contribution in [1.29, 1.82) is 0 Å². The van der Waals surface area contributed by atoms with E-state index < -0.39 is 10.0 Å². The summed E-state index contributed by atoms with van der Waals surface area (Å²) in [5.74, 6) is 1.71. The molecule has 0 spiro atoms. The van der Waals surface area contributed by atoms with Crippen LogP contribution in [-0.2, 0) is 21.2 Å². The number of piperazine rings is 1. The van der Waals surface area contributed by atoms with Crippen LogP contribution in [0.15, 0.2) is 41.3 Å². The van der Waals surface area contributed by atoms with Crippen LogP contribution in [0.4, 0.5) is 0 Å². The van der Waals surface area contributed by atoms with E-state index in [4.69, 9.17) is 14.2 Å². The van der Waals surface area contributed by atoms with E-state index in [-0.39, 0.29) is 30.3 Å². The molecule has 8 nitrogen and oxygen atoms in total. The number of amides is 1. The van der Waals surface area contributed by atoms with Crippen molar-refractivity contribution in [1.82, 2.24) is 9.21 Å². The van der Waals surface area contributed by atoms with Crippen molar-refractivity contribution >= 4 is 15.9 Å². The highest BCUT2D eigenvalue weighted by Crippen LogP contribution is 2.33. The molecule has 31 heavy (non-hydrogen) atoms. The maximum absolute atomic E-state index is 13.1. The molecule has 0 saturated carbocycles. The Hall–Kier alpha value is -2.78. The zero-order valence-electron chi connectivity index (χ0n) is 17.7. The largest absolute Gasteiger partial charge is 0.496 e. The number of fused-ring (bicyclic) bond motifs is 1. The standard InChI is InChI=1S/C22H26N2O6S/c1-16-3-4-17(13-20(16)28-2)14-22(25)23-7-9-24(10-8-23)31(26,27)18-5-6-19-21(15-18)30-12-11-29-19/h3-6,13,15H,7-12,14H2,1-2H3. The number of sulfonamides is 1. The van der Waals surface area contributed by atoms with Crippen LogP contribution in [0, 0.1) is 6.92 Å². The fraction of sp³-hybridized carbons (Fsp3) is 0.409. The molecule has 2 aromatic carbocycles. The lowest BCUT2D eigenvalue weighted by atomic mass is 10.1. The second-order valence-electron chi connectivity index (χ2n) is 7.57. The molecule has 2 heterocycles. The summed E-state index contributed by atoms with van der Waals surface area (Å²) in [5.41, 5.74) is 1.88. The van der Waals surface area contributed by atoms with Gasteiger partial charge in [-0.15, -0.1) is 0 Å². The highest BCUT2D eigenvalue weighted by Gasteiger charge is 2.31. The summed E-state index contributed by atoms with van der Waals surface area (Å²) >= 11 is 0. The Morgan fingerprint density at radius 1 is 1.00 bits per heavy atom. The summed E-state index contributed by atoms with van der Waals surface area (Å²) in [6, 6.07) is 10.4. The van der Waals surface area contributed by atoms with Gasteiger partial charge in [0.15, 0.2) is 11.5 Å². The Labute approximate surface area is 182 Å². The third-order valence-electron chi connectivity index (χ3n) is 5.57. The van der Waals surface area contributed by atoms with Gasteiger partial charge in [-0.25, -0.2) is 8.42 Å². The van der Waals surface area contributed by atoms with E-state index >= 15 is 0 Å². The van der Waals surface area contributed by atoms with Crippen LogP contribution in [0.5, 0.6) is 17.2 Å². The maximum Gasteiger partial charge on any atom is 0.243 e. The number of rotatable bonds is 5. The van der Waals surface area contributed by atoms with Crippen molar-refractivity contribution in [2.45, 2.75) is 18.2 Å². The quantitative estimate of drug-likeness (QED) is 0.697. The molecule has 1 saturated heterocycles. The van der Waals surface area contributed by atoms with Gasteiger partial charge in [0.05, 0.1) is 18.4 Å². The minimum Gasteiger partial charge on any atom is -0.496 e. The van der Waals surface area contributed by atoms with E-state index in [2.05, 4.69) is 0 Å². The van der Waals surface area contributed by atoms with Crippen molar-refractivity contribution in [3.05, 3.63) is 47.5 Å². The minimum atomic E-state index is -3.67. The van der Waals surface area contributed by atoms with Gasteiger partial charge in [-0.05, 0) is 36.2 Å². The second kappa shape index (κ2) is 8.76. The van der Waals surface area contributed by atoms with Gasteiger partial charge in [0, 0.05) is 32.2 Å². The average Bonchev–Trinajstić information content (AvgIpc) is 2.80. The number of aryl methyl sites for hydroxylation is 1. The van der Waals surface area contributed by atoms with E-state index in [0.717, 1.165) is 16.9 Å². The first kappa shape index (κ1) is 21.5. The normalized spacial score (nSPS) is 16.8. The molecule has 0 N–H and O–H groups in total.